The summed E-state index contributed by atoms with van der Waals surface area (Å²) in [6, 6.07) is 0. The maximum absolute atomic E-state index is 10.9. The molecule has 2 N–H and O–H groups in total. The molecule has 3 spiro atoms. The van der Waals surface area contributed by atoms with Gasteiger partial charge in [-0.3, -0.25) is 0 Å². The summed E-state index contributed by atoms with van der Waals surface area (Å²) in [5, 5.41) is 25.2. The average Bonchev–Trinajstić information content (AvgIpc) is 2.81. The van der Waals surface area contributed by atoms with Gasteiger partial charge in [-0.1, -0.05) is 6.92 Å². The maximum atomic E-state index is 10.9. The first kappa shape index (κ1) is 24.0. The molecule has 2 heterocycles. The van der Waals surface area contributed by atoms with E-state index in [-0.39, 0.29) is 27.6 Å². The van der Waals surface area contributed by atoms with Gasteiger partial charge in [-0.15, -0.1) is 0 Å². The van der Waals surface area contributed by atoms with E-state index >= 15 is 0 Å². The summed E-state index contributed by atoms with van der Waals surface area (Å²) < 4.78 is 0. The highest BCUT2D eigenvalue weighted by atomic mass is 16.5. The largest absolute Gasteiger partial charge is 0.313 e. The summed E-state index contributed by atoms with van der Waals surface area (Å²) in [7, 11) is 0. The Labute approximate surface area is 191 Å². The first-order chi connectivity index (χ1) is 14.0. The highest BCUT2D eigenvalue weighted by Crippen LogP contribution is 2.67. The van der Waals surface area contributed by atoms with E-state index in [9.17, 15) is 10.4 Å². The van der Waals surface area contributed by atoms with Crippen molar-refractivity contribution in [2.75, 3.05) is 0 Å². The zero-order chi connectivity index (χ0) is 23.3. The van der Waals surface area contributed by atoms with E-state index in [1.807, 2.05) is 0 Å². The molecule has 0 aromatic rings. The molecular weight excluding hydrogens is 384 g/mol. The standard InChI is InChI=1S/C27H50N2O2/c1-20-23(6,7)28(30)21(2,3)18-26(20)14-10-25(11-15-26)12-16-27(17-13-25)19-22(4,5)29(31)24(27,8)9/h20,30-31H,10-19H2,1-9H3/t20-,25?,26?,27?/m0/s1. The second-order valence-electron chi connectivity index (χ2n) is 14.7. The SMILES string of the molecule is C[C@@H]1C2(CCC3(CC2)CCC2(CC3)CC(C)(C)N(O)C2(C)C)CC(C)(C)N(O)C1(C)C. The molecule has 4 rings (SSSR count). The molecule has 0 bridgehead atoms. The Morgan fingerprint density at radius 3 is 1.52 bits per heavy atom. The molecule has 0 radical (unpaired) electrons. The summed E-state index contributed by atoms with van der Waals surface area (Å²) in [6.45, 7) is 20.3. The lowest BCUT2D eigenvalue weighted by molar-refractivity contribution is -0.290. The molecule has 2 saturated heterocycles. The quantitative estimate of drug-likeness (QED) is 0.429. The van der Waals surface area contributed by atoms with Gasteiger partial charge in [0.2, 0.25) is 0 Å². The van der Waals surface area contributed by atoms with Gasteiger partial charge in [-0.25, -0.2) is 0 Å². The number of rotatable bonds is 0. The molecule has 4 aliphatic rings. The summed E-state index contributed by atoms with van der Waals surface area (Å²) >= 11 is 0. The minimum Gasteiger partial charge on any atom is -0.313 e. The normalized spacial score (nSPS) is 37.5. The van der Waals surface area contributed by atoms with Gasteiger partial charge in [-0.05, 0) is 142 Å². The predicted octanol–water partition coefficient (Wildman–Crippen LogP) is 7.03. The number of hydrogen-bond acceptors (Lipinski definition) is 4. The van der Waals surface area contributed by atoms with E-state index in [1.54, 1.807) is 10.1 Å². The van der Waals surface area contributed by atoms with Gasteiger partial charge in [0.25, 0.3) is 0 Å². The molecule has 180 valence electrons. The number of piperidine rings is 1. The van der Waals surface area contributed by atoms with Gasteiger partial charge < -0.3 is 10.4 Å². The van der Waals surface area contributed by atoms with Crippen LogP contribution in [0.15, 0.2) is 0 Å². The lowest BCUT2D eigenvalue weighted by Gasteiger charge is -2.64. The number of nitrogens with zero attached hydrogens (tertiary/aromatic N) is 2. The van der Waals surface area contributed by atoms with Crippen molar-refractivity contribution in [3.05, 3.63) is 0 Å². The van der Waals surface area contributed by atoms with Crippen LogP contribution in [0.25, 0.3) is 0 Å². The Hall–Kier alpha value is -0.160. The van der Waals surface area contributed by atoms with E-state index in [0.29, 0.717) is 16.7 Å². The molecule has 2 aliphatic heterocycles. The van der Waals surface area contributed by atoms with Gasteiger partial charge in [0, 0.05) is 22.2 Å². The Morgan fingerprint density at radius 2 is 1.06 bits per heavy atom. The maximum Gasteiger partial charge on any atom is 0.0467 e. The summed E-state index contributed by atoms with van der Waals surface area (Å²) in [5.41, 5.74) is 0.465. The number of hydrogen-bond donors (Lipinski definition) is 2. The van der Waals surface area contributed by atoms with E-state index in [1.165, 1.54) is 51.4 Å². The van der Waals surface area contributed by atoms with E-state index in [0.717, 1.165) is 12.8 Å². The minimum absolute atomic E-state index is 0.129. The topological polar surface area (TPSA) is 46.9 Å². The summed E-state index contributed by atoms with van der Waals surface area (Å²) in [4.78, 5) is 0. The van der Waals surface area contributed by atoms with Crippen molar-refractivity contribution in [1.29, 1.82) is 0 Å². The first-order valence-corrected chi connectivity index (χ1v) is 12.9. The van der Waals surface area contributed by atoms with Gasteiger partial charge in [0.1, 0.15) is 0 Å². The van der Waals surface area contributed by atoms with Gasteiger partial charge >= 0.3 is 0 Å². The Balaban J connectivity index is 1.49. The predicted molar refractivity (Wildman–Crippen MR) is 126 cm³/mol. The molecule has 4 nitrogen and oxygen atoms in total. The highest BCUT2D eigenvalue weighted by Gasteiger charge is 2.64. The van der Waals surface area contributed by atoms with E-state index in [2.05, 4.69) is 62.3 Å². The molecule has 4 fully saturated rings. The molecule has 0 aromatic heterocycles. The third-order valence-corrected chi connectivity index (χ3v) is 11.6. The monoisotopic (exact) mass is 434 g/mol. The van der Waals surface area contributed by atoms with Crippen LogP contribution in [0.1, 0.15) is 127 Å². The van der Waals surface area contributed by atoms with Crippen molar-refractivity contribution in [3.63, 3.8) is 0 Å². The molecule has 4 heteroatoms. The van der Waals surface area contributed by atoms with E-state index in [4.69, 9.17) is 0 Å². The molecule has 1 atom stereocenters. The lowest BCUT2D eigenvalue weighted by atomic mass is 9.47. The first-order valence-electron chi connectivity index (χ1n) is 12.9. The second-order valence-corrected chi connectivity index (χ2v) is 14.7. The van der Waals surface area contributed by atoms with Crippen LogP contribution in [0, 0.1) is 22.2 Å². The average molecular weight is 435 g/mol. The van der Waals surface area contributed by atoms with Crippen molar-refractivity contribution in [3.8, 4) is 0 Å². The van der Waals surface area contributed by atoms with Gasteiger partial charge in [0.15, 0.2) is 0 Å². The molecule has 0 aromatic carbocycles. The van der Waals surface area contributed by atoms with Crippen LogP contribution in [-0.4, -0.2) is 42.7 Å². The Kier molecular flexibility index (Phi) is 5.19. The van der Waals surface area contributed by atoms with E-state index < -0.39 is 0 Å². The summed E-state index contributed by atoms with van der Waals surface area (Å²) in [6.07, 6.45) is 12.7. The van der Waals surface area contributed by atoms with Crippen LogP contribution in [0.3, 0.4) is 0 Å². The van der Waals surface area contributed by atoms with Crippen LogP contribution < -0.4 is 0 Å². The molecule has 31 heavy (non-hydrogen) atoms. The minimum atomic E-state index is -0.188. The zero-order valence-corrected chi connectivity index (χ0v) is 21.9. The lowest BCUT2D eigenvalue weighted by Crippen LogP contribution is -2.67. The van der Waals surface area contributed by atoms with Crippen molar-refractivity contribution < 1.29 is 10.4 Å². The van der Waals surface area contributed by atoms with Crippen molar-refractivity contribution in [2.45, 2.75) is 149 Å². The van der Waals surface area contributed by atoms with Crippen molar-refractivity contribution >= 4 is 0 Å². The fourth-order valence-electron chi connectivity index (χ4n) is 9.34. The molecule has 2 aliphatic carbocycles. The third kappa shape index (κ3) is 3.21. The van der Waals surface area contributed by atoms with Crippen LogP contribution in [0.5, 0.6) is 0 Å². The van der Waals surface area contributed by atoms with Crippen molar-refractivity contribution in [2.24, 2.45) is 22.2 Å². The fraction of sp³-hybridized carbons (Fsp3) is 1.00. The Bertz CT molecular complexity index is 705. The van der Waals surface area contributed by atoms with Crippen LogP contribution >= 0.6 is 0 Å². The van der Waals surface area contributed by atoms with Crippen LogP contribution in [0.4, 0.5) is 0 Å². The van der Waals surface area contributed by atoms with Crippen LogP contribution in [-0.2, 0) is 0 Å². The molecule has 0 unspecified atom stereocenters. The molecule has 2 saturated carbocycles. The van der Waals surface area contributed by atoms with Crippen molar-refractivity contribution in [1.82, 2.24) is 10.1 Å². The second kappa shape index (κ2) is 6.71. The van der Waals surface area contributed by atoms with Crippen LogP contribution in [0.2, 0.25) is 0 Å². The zero-order valence-electron chi connectivity index (χ0n) is 21.9. The third-order valence-electron chi connectivity index (χ3n) is 11.6. The number of hydroxylamine groups is 4. The highest BCUT2D eigenvalue weighted by molar-refractivity contribution is 5.15. The smallest absolute Gasteiger partial charge is 0.0467 e. The van der Waals surface area contributed by atoms with Gasteiger partial charge in [-0.2, -0.15) is 10.1 Å². The fourth-order valence-corrected chi connectivity index (χ4v) is 9.34. The Morgan fingerprint density at radius 1 is 0.613 bits per heavy atom. The molecule has 0 amide bonds. The van der Waals surface area contributed by atoms with Gasteiger partial charge in [0.05, 0.1) is 0 Å². The molecular formula is C27H50N2O2. The summed E-state index contributed by atoms with van der Waals surface area (Å²) in [5.74, 6) is 0.489.